The maximum absolute atomic E-state index is 13.8. The molecule has 3 aliphatic rings. The van der Waals surface area contributed by atoms with Gasteiger partial charge in [-0.3, -0.25) is 19.2 Å². The van der Waals surface area contributed by atoms with E-state index >= 15 is 0 Å². The molecule has 4 amide bonds. The number of nitriles is 1. The highest BCUT2D eigenvalue weighted by Gasteiger charge is 2.56. The predicted molar refractivity (Wildman–Crippen MR) is 124 cm³/mol. The van der Waals surface area contributed by atoms with Crippen molar-refractivity contribution in [1.29, 1.82) is 5.26 Å². The fourth-order valence-electron chi connectivity index (χ4n) is 4.59. The van der Waals surface area contributed by atoms with E-state index in [0.29, 0.717) is 5.75 Å². The number of hydrogen-bond donors (Lipinski definition) is 2. The molecule has 3 heterocycles. The summed E-state index contributed by atoms with van der Waals surface area (Å²) in [7, 11) is 1.33. The van der Waals surface area contributed by atoms with Gasteiger partial charge in [-0.15, -0.1) is 0 Å². The zero-order valence-corrected chi connectivity index (χ0v) is 20.8. The van der Waals surface area contributed by atoms with Crippen LogP contribution in [0, 0.1) is 17.2 Å². The lowest BCUT2D eigenvalue weighted by atomic mass is 9.97. The number of likely N-dealkylation sites (N-methyl/N-ethyl adjacent to an activating group) is 1. The predicted octanol–water partition coefficient (Wildman–Crippen LogP) is 1.24. The molecule has 0 aromatic carbocycles. The van der Waals surface area contributed by atoms with E-state index in [1.807, 2.05) is 11.4 Å². The van der Waals surface area contributed by atoms with Crippen molar-refractivity contribution in [2.75, 3.05) is 18.9 Å². The standard InChI is InChI=1S/C23H25ClF2N6O5/c1-12(29-21(36)23(24,25)26)18(33)31(2)15(8-13-5-6-13)19(34)32-11-22(9-14(32)10-27)20(35)30-17-16(37-22)4-3-7-28-17/h3-4,7,12-15H,5-6,8-9,11H2,1-2H3,(H,29,36)(H,28,30,35)/t12-,14-,15-,22+/m0/s1. The van der Waals surface area contributed by atoms with Gasteiger partial charge in [-0.1, -0.05) is 12.8 Å². The van der Waals surface area contributed by atoms with E-state index in [1.54, 1.807) is 12.1 Å². The van der Waals surface area contributed by atoms with Crippen LogP contribution < -0.4 is 15.4 Å². The number of ether oxygens (including phenoxy) is 1. The molecule has 0 unspecified atom stereocenters. The normalized spacial score (nSPS) is 24.3. The van der Waals surface area contributed by atoms with Crippen LogP contribution in [-0.2, 0) is 19.2 Å². The number of amides is 4. The van der Waals surface area contributed by atoms with E-state index in [0.717, 1.165) is 17.7 Å². The summed E-state index contributed by atoms with van der Waals surface area (Å²) >= 11 is 4.72. The zero-order chi connectivity index (χ0) is 27.1. The highest BCUT2D eigenvalue weighted by molar-refractivity contribution is 6.32. The molecule has 1 aromatic heterocycles. The van der Waals surface area contributed by atoms with Crippen LogP contribution in [0.3, 0.4) is 0 Å². The maximum Gasteiger partial charge on any atom is 0.399 e. The number of hydrogen-bond acceptors (Lipinski definition) is 7. The van der Waals surface area contributed by atoms with Crippen molar-refractivity contribution >= 4 is 41.0 Å². The number of nitrogens with zero attached hydrogens (tertiary/aromatic N) is 4. The molecule has 1 saturated carbocycles. The molecule has 198 valence electrons. The maximum atomic E-state index is 13.8. The van der Waals surface area contributed by atoms with Crippen LogP contribution in [-0.4, -0.2) is 81.1 Å². The number of anilines is 1. The van der Waals surface area contributed by atoms with Gasteiger partial charge in [0.05, 0.1) is 12.6 Å². The number of fused-ring (bicyclic) bond motifs is 1. The minimum atomic E-state index is -4.20. The van der Waals surface area contributed by atoms with Gasteiger partial charge in [0.25, 0.3) is 5.91 Å². The Morgan fingerprint density at radius 3 is 2.78 bits per heavy atom. The lowest BCUT2D eigenvalue weighted by molar-refractivity contribution is -0.148. The number of pyridine rings is 1. The largest absolute Gasteiger partial charge is 0.472 e. The van der Waals surface area contributed by atoms with Gasteiger partial charge >= 0.3 is 11.3 Å². The van der Waals surface area contributed by atoms with Crippen molar-refractivity contribution in [2.24, 2.45) is 5.92 Å². The van der Waals surface area contributed by atoms with E-state index in [4.69, 9.17) is 16.3 Å². The SMILES string of the molecule is C[C@H](NC(=O)C(F)(F)Cl)C(=O)N(C)[C@@H](CC1CC1)C(=O)N1C[C@@]2(C[C@H]1C#N)Oc1cccnc1NC2=O. The van der Waals surface area contributed by atoms with Crippen molar-refractivity contribution in [3.8, 4) is 11.8 Å². The summed E-state index contributed by atoms with van der Waals surface area (Å²) in [5.41, 5.74) is -1.52. The number of halogens is 3. The molecule has 4 rings (SSSR count). The molecule has 2 fully saturated rings. The second-order valence-electron chi connectivity index (χ2n) is 9.55. The monoisotopic (exact) mass is 538 g/mol. The van der Waals surface area contributed by atoms with E-state index in [1.165, 1.54) is 25.1 Å². The summed E-state index contributed by atoms with van der Waals surface area (Å²) in [5.74, 6) is -3.07. The summed E-state index contributed by atoms with van der Waals surface area (Å²) in [5, 5.41) is 10.1. The second kappa shape index (κ2) is 9.74. The van der Waals surface area contributed by atoms with Crippen molar-refractivity contribution in [3.05, 3.63) is 18.3 Å². The third-order valence-corrected chi connectivity index (χ3v) is 6.98. The Labute approximate surface area is 216 Å². The van der Waals surface area contributed by atoms with Crippen molar-refractivity contribution in [3.63, 3.8) is 0 Å². The fourth-order valence-corrected chi connectivity index (χ4v) is 4.64. The number of rotatable bonds is 7. The average molecular weight is 539 g/mol. The smallest absolute Gasteiger partial charge is 0.399 e. The van der Waals surface area contributed by atoms with Crippen LogP contribution >= 0.6 is 11.6 Å². The highest BCUT2D eigenvalue weighted by atomic mass is 35.5. The first-order chi connectivity index (χ1) is 17.4. The summed E-state index contributed by atoms with van der Waals surface area (Å²) in [6.45, 7) is 0.963. The number of nitrogens with one attached hydrogen (secondary N) is 2. The summed E-state index contributed by atoms with van der Waals surface area (Å²) in [6.07, 6.45) is 3.35. The quantitative estimate of drug-likeness (QED) is 0.497. The van der Waals surface area contributed by atoms with Crippen LogP contribution in [0.25, 0.3) is 0 Å². The Balaban J connectivity index is 1.55. The topological polar surface area (TPSA) is 145 Å². The van der Waals surface area contributed by atoms with Gasteiger partial charge in [0.1, 0.15) is 18.1 Å². The first-order valence-corrected chi connectivity index (χ1v) is 12.0. The minimum Gasteiger partial charge on any atom is -0.472 e. The van der Waals surface area contributed by atoms with Gasteiger partial charge in [-0.2, -0.15) is 14.0 Å². The molecule has 0 radical (unpaired) electrons. The molecular formula is C23H25ClF2N6O5. The molecule has 37 heavy (non-hydrogen) atoms. The van der Waals surface area contributed by atoms with E-state index in [-0.39, 0.29) is 31.1 Å². The molecule has 2 N–H and O–H groups in total. The molecule has 2 aliphatic heterocycles. The number of likely N-dealkylation sites (tertiary alicyclic amines) is 1. The first-order valence-electron chi connectivity index (χ1n) is 11.7. The van der Waals surface area contributed by atoms with Crippen molar-refractivity contribution in [2.45, 2.75) is 61.7 Å². The van der Waals surface area contributed by atoms with Crippen LogP contribution in [0.1, 0.15) is 32.6 Å². The molecule has 4 atom stereocenters. The number of carbonyl (C=O) groups excluding carboxylic acids is 4. The Morgan fingerprint density at radius 1 is 1.46 bits per heavy atom. The van der Waals surface area contributed by atoms with Crippen molar-refractivity contribution in [1.82, 2.24) is 20.1 Å². The highest BCUT2D eigenvalue weighted by Crippen LogP contribution is 2.40. The molecule has 0 bridgehead atoms. The second-order valence-corrected chi connectivity index (χ2v) is 10.0. The minimum absolute atomic E-state index is 0.0967. The number of alkyl halides is 3. The number of carbonyl (C=O) groups is 4. The molecule has 1 saturated heterocycles. The molecule has 1 spiro atoms. The summed E-state index contributed by atoms with van der Waals surface area (Å²) in [6, 6.07) is 1.80. The van der Waals surface area contributed by atoms with Crippen LogP contribution in [0.4, 0.5) is 14.6 Å². The average Bonchev–Trinajstić information content (AvgIpc) is 3.60. The van der Waals surface area contributed by atoms with E-state index < -0.39 is 52.7 Å². The lowest BCUT2D eigenvalue weighted by Crippen LogP contribution is -2.57. The third kappa shape index (κ3) is 5.29. The van der Waals surface area contributed by atoms with Gasteiger partial charge in [0.2, 0.25) is 17.4 Å². The molecule has 1 aromatic rings. The molecular weight excluding hydrogens is 514 g/mol. The van der Waals surface area contributed by atoms with Crippen LogP contribution in [0.2, 0.25) is 0 Å². The lowest BCUT2D eigenvalue weighted by Gasteiger charge is -2.35. The van der Waals surface area contributed by atoms with Crippen molar-refractivity contribution < 1.29 is 32.7 Å². The number of aromatic nitrogens is 1. The molecule has 14 heteroatoms. The van der Waals surface area contributed by atoms with Gasteiger partial charge in [0.15, 0.2) is 11.6 Å². The summed E-state index contributed by atoms with van der Waals surface area (Å²) in [4.78, 5) is 57.6. The van der Waals surface area contributed by atoms with Gasteiger partial charge < -0.3 is 25.2 Å². The van der Waals surface area contributed by atoms with E-state index in [2.05, 4.69) is 10.3 Å². The van der Waals surface area contributed by atoms with E-state index in [9.17, 15) is 33.2 Å². The first kappa shape index (κ1) is 26.5. The van der Waals surface area contributed by atoms with Crippen LogP contribution in [0.5, 0.6) is 5.75 Å². The van der Waals surface area contributed by atoms with Crippen LogP contribution in [0.15, 0.2) is 18.3 Å². The fraction of sp³-hybridized carbons (Fsp3) is 0.565. The summed E-state index contributed by atoms with van der Waals surface area (Å²) < 4.78 is 32.1. The Bertz CT molecular complexity index is 1170. The van der Waals surface area contributed by atoms with Gasteiger partial charge in [-0.05, 0) is 43.0 Å². The van der Waals surface area contributed by atoms with Gasteiger partial charge in [0, 0.05) is 19.7 Å². The Morgan fingerprint density at radius 2 is 2.16 bits per heavy atom. The zero-order valence-electron chi connectivity index (χ0n) is 20.0. The Kier molecular flexibility index (Phi) is 6.98. The third-order valence-electron chi connectivity index (χ3n) is 6.81. The Hall–Kier alpha value is -3.53. The van der Waals surface area contributed by atoms with Gasteiger partial charge in [-0.25, -0.2) is 4.98 Å². The molecule has 1 aliphatic carbocycles. The molecule has 11 nitrogen and oxygen atoms in total.